The monoisotopic (exact) mass is 316 g/mol. The van der Waals surface area contributed by atoms with Crippen LogP contribution < -0.4 is 0 Å². The molecule has 1 aliphatic carbocycles. The maximum Gasteiger partial charge on any atom is 0.392 e. The van der Waals surface area contributed by atoms with E-state index in [1.54, 1.807) is 4.90 Å². The topological polar surface area (TPSA) is 51.0 Å². The molecule has 2 fully saturated rings. The predicted octanol–water partition coefficient (Wildman–Crippen LogP) is 2.49. The van der Waals surface area contributed by atoms with Crippen LogP contribution in [0.25, 0.3) is 0 Å². The van der Waals surface area contributed by atoms with E-state index in [1.165, 1.54) is 10.9 Å². The van der Waals surface area contributed by atoms with Crippen LogP contribution >= 0.6 is 0 Å². The fourth-order valence-electron chi connectivity index (χ4n) is 3.80. The third kappa shape index (κ3) is 2.38. The van der Waals surface area contributed by atoms with Crippen LogP contribution in [0.5, 0.6) is 0 Å². The van der Waals surface area contributed by atoms with Gasteiger partial charge in [-0.15, -0.1) is 5.10 Å². The molecule has 122 valence electrons. The number of alkyl halides is 3. The number of carbonyl (C=O) groups excluding carboxylic acids is 1. The Morgan fingerprint density at radius 3 is 2.73 bits per heavy atom. The number of aromatic nitrogens is 3. The number of carbonyl (C=O) groups is 1. The lowest BCUT2D eigenvalue weighted by molar-refractivity contribution is -0.235. The van der Waals surface area contributed by atoms with E-state index in [9.17, 15) is 18.0 Å². The molecule has 0 radical (unpaired) electrons. The second kappa shape index (κ2) is 5.24. The number of likely N-dealkylation sites (tertiary alicyclic amines) is 1. The lowest BCUT2D eigenvalue weighted by Gasteiger charge is -2.54. The SMILES string of the molecule is CCn1nncc1C(=O)N1CC[C@H](C(F)(F)F)C2(CCC2)C1. The normalized spacial score (nSPS) is 24.4. The van der Waals surface area contributed by atoms with Crippen LogP contribution in [0, 0.1) is 11.3 Å². The van der Waals surface area contributed by atoms with Crippen LogP contribution in [-0.4, -0.2) is 45.1 Å². The fraction of sp³-hybridized carbons (Fsp3) is 0.786. The Labute approximate surface area is 126 Å². The maximum absolute atomic E-state index is 13.3. The van der Waals surface area contributed by atoms with Gasteiger partial charge in [0.15, 0.2) is 0 Å². The van der Waals surface area contributed by atoms with E-state index in [0.717, 1.165) is 6.42 Å². The molecule has 8 heteroatoms. The van der Waals surface area contributed by atoms with Crippen molar-refractivity contribution in [1.29, 1.82) is 0 Å². The quantitative estimate of drug-likeness (QED) is 0.842. The van der Waals surface area contributed by atoms with Crippen LogP contribution in [0.2, 0.25) is 0 Å². The number of nitrogens with zero attached hydrogens (tertiary/aromatic N) is 4. The van der Waals surface area contributed by atoms with Gasteiger partial charge in [0, 0.05) is 19.6 Å². The Morgan fingerprint density at radius 1 is 1.45 bits per heavy atom. The summed E-state index contributed by atoms with van der Waals surface area (Å²) in [4.78, 5) is 14.1. The minimum Gasteiger partial charge on any atom is -0.337 e. The molecular weight excluding hydrogens is 297 g/mol. The van der Waals surface area contributed by atoms with Crippen molar-refractivity contribution >= 4 is 5.91 Å². The Balaban J connectivity index is 1.80. The average molecular weight is 316 g/mol. The van der Waals surface area contributed by atoms with Crippen molar-refractivity contribution in [2.24, 2.45) is 11.3 Å². The van der Waals surface area contributed by atoms with Gasteiger partial charge in [-0.1, -0.05) is 11.6 Å². The highest BCUT2D eigenvalue weighted by Gasteiger charge is 2.58. The van der Waals surface area contributed by atoms with Gasteiger partial charge in [-0.25, -0.2) is 4.68 Å². The van der Waals surface area contributed by atoms with Gasteiger partial charge in [0.25, 0.3) is 5.91 Å². The zero-order chi connectivity index (χ0) is 16.0. The van der Waals surface area contributed by atoms with E-state index >= 15 is 0 Å². The van der Waals surface area contributed by atoms with Crippen molar-refractivity contribution < 1.29 is 18.0 Å². The van der Waals surface area contributed by atoms with Gasteiger partial charge in [-0.3, -0.25) is 4.79 Å². The lowest BCUT2D eigenvalue weighted by atomic mass is 9.58. The van der Waals surface area contributed by atoms with Gasteiger partial charge < -0.3 is 4.90 Å². The molecule has 1 saturated heterocycles. The number of rotatable bonds is 2. The molecule has 0 N–H and O–H groups in total. The zero-order valence-electron chi connectivity index (χ0n) is 12.4. The predicted molar refractivity (Wildman–Crippen MR) is 72.0 cm³/mol. The molecule has 2 heterocycles. The summed E-state index contributed by atoms with van der Waals surface area (Å²) in [5.41, 5.74) is -0.432. The molecule has 1 aromatic heterocycles. The molecule has 1 atom stereocenters. The minimum atomic E-state index is -4.18. The first-order chi connectivity index (χ1) is 10.4. The molecule has 22 heavy (non-hydrogen) atoms. The van der Waals surface area contributed by atoms with Crippen LogP contribution in [0.15, 0.2) is 6.20 Å². The number of halogens is 3. The summed E-state index contributed by atoms with van der Waals surface area (Å²) in [7, 11) is 0. The van der Waals surface area contributed by atoms with Crippen LogP contribution in [0.4, 0.5) is 13.2 Å². The Bertz CT molecular complexity index is 565. The van der Waals surface area contributed by atoms with Crippen LogP contribution in [0.3, 0.4) is 0 Å². The van der Waals surface area contributed by atoms with Gasteiger partial charge in [-0.2, -0.15) is 13.2 Å². The van der Waals surface area contributed by atoms with Crippen LogP contribution in [0.1, 0.15) is 43.1 Å². The van der Waals surface area contributed by atoms with E-state index < -0.39 is 17.5 Å². The van der Waals surface area contributed by atoms with E-state index in [2.05, 4.69) is 10.3 Å². The highest BCUT2D eigenvalue weighted by molar-refractivity contribution is 5.92. The molecule has 3 rings (SSSR count). The lowest BCUT2D eigenvalue weighted by Crippen LogP contribution is -2.57. The molecule has 0 unspecified atom stereocenters. The van der Waals surface area contributed by atoms with Crippen molar-refractivity contribution in [1.82, 2.24) is 19.9 Å². The maximum atomic E-state index is 13.3. The Hall–Kier alpha value is -1.60. The first kappa shape index (κ1) is 15.3. The molecule has 1 spiro atoms. The largest absolute Gasteiger partial charge is 0.392 e. The van der Waals surface area contributed by atoms with E-state index in [1.807, 2.05) is 6.92 Å². The standard InChI is InChI=1S/C14H19F3N4O/c1-2-21-10(8-18-19-21)12(22)20-7-4-11(14(15,16)17)13(9-20)5-3-6-13/h8,11H,2-7,9H2,1H3/t11-/m0/s1. The fourth-order valence-corrected chi connectivity index (χ4v) is 3.80. The van der Waals surface area contributed by atoms with Gasteiger partial charge in [0.2, 0.25) is 0 Å². The first-order valence-corrected chi connectivity index (χ1v) is 7.62. The summed E-state index contributed by atoms with van der Waals surface area (Å²) in [5.74, 6) is -1.55. The molecular formula is C14H19F3N4O. The number of amides is 1. The average Bonchev–Trinajstić information content (AvgIpc) is 2.91. The molecule has 0 bridgehead atoms. The van der Waals surface area contributed by atoms with E-state index in [0.29, 0.717) is 25.1 Å². The summed E-state index contributed by atoms with van der Waals surface area (Å²) >= 11 is 0. The number of aryl methyl sites for hydroxylation is 1. The summed E-state index contributed by atoms with van der Waals surface area (Å²) in [6, 6.07) is 0. The number of piperidine rings is 1. The summed E-state index contributed by atoms with van der Waals surface area (Å²) in [6.45, 7) is 2.67. The summed E-state index contributed by atoms with van der Waals surface area (Å²) in [5, 5.41) is 7.53. The van der Waals surface area contributed by atoms with Gasteiger partial charge >= 0.3 is 6.18 Å². The summed E-state index contributed by atoms with van der Waals surface area (Å²) in [6.07, 6.45) is -0.901. The minimum absolute atomic E-state index is 0.0110. The Morgan fingerprint density at radius 2 is 2.18 bits per heavy atom. The molecule has 0 aromatic carbocycles. The summed E-state index contributed by atoms with van der Waals surface area (Å²) < 4.78 is 41.2. The molecule has 1 amide bonds. The zero-order valence-corrected chi connectivity index (χ0v) is 12.4. The second-order valence-corrected chi connectivity index (χ2v) is 6.26. The van der Waals surface area contributed by atoms with Crippen molar-refractivity contribution in [2.45, 2.75) is 45.3 Å². The first-order valence-electron chi connectivity index (χ1n) is 7.62. The third-order valence-corrected chi connectivity index (χ3v) is 5.10. The smallest absolute Gasteiger partial charge is 0.337 e. The number of hydrogen-bond donors (Lipinski definition) is 0. The molecule has 1 saturated carbocycles. The molecule has 2 aliphatic rings. The van der Waals surface area contributed by atoms with E-state index in [4.69, 9.17) is 0 Å². The van der Waals surface area contributed by atoms with Gasteiger partial charge in [0.1, 0.15) is 5.69 Å². The van der Waals surface area contributed by atoms with E-state index in [-0.39, 0.29) is 25.4 Å². The van der Waals surface area contributed by atoms with Crippen molar-refractivity contribution in [3.8, 4) is 0 Å². The third-order valence-electron chi connectivity index (χ3n) is 5.10. The number of hydrogen-bond acceptors (Lipinski definition) is 3. The second-order valence-electron chi connectivity index (χ2n) is 6.26. The highest BCUT2D eigenvalue weighted by Crippen LogP contribution is 2.56. The molecule has 5 nitrogen and oxygen atoms in total. The highest BCUT2D eigenvalue weighted by atomic mass is 19.4. The Kier molecular flexibility index (Phi) is 3.65. The van der Waals surface area contributed by atoms with Crippen molar-refractivity contribution in [2.75, 3.05) is 13.1 Å². The van der Waals surface area contributed by atoms with Gasteiger partial charge in [0.05, 0.1) is 12.1 Å². The van der Waals surface area contributed by atoms with Gasteiger partial charge in [-0.05, 0) is 31.6 Å². The van der Waals surface area contributed by atoms with Crippen molar-refractivity contribution in [3.05, 3.63) is 11.9 Å². The molecule has 1 aromatic rings. The van der Waals surface area contributed by atoms with Crippen molar-refractivity contribution in [3.63, 3.8) is 0 Å². The van der Waals surface area contributed by atoms with Crippen LogP contribution in [-0.2, 0) is 6.54 Å². The molecule has 1 aliphatic heterocycles.